The van der Waals surface area contributed by atoms with Crippen molar-refractivity contribution in [3.63, 3.8) is 0 Å². The minimum absolute atomic E-state index is 0.107. The SMILES string of the molecule is CCCCCCCCCCCCCCCCCC(=O)OC[C@H](O)COC(=O)CCCCCCCCCCCCCCCCCCCCC(C)C. The highest BCUT2D eigenvalue weighted by Crippen LogP contribution is 2.17. The number of aliphatic hydroxyl groups excluding tert-OH is 1. The molecule has 0 radical (unpaired) electrons. The highest BCUT2D eigenvalue weighted by molar-refractivity contribution is 5.69. The minimum atomic E-state index is -0.955. The molecule has 5 heteroatoms. The molecule has 298 valence electrons. The van der Waals surface area contributed by atoms with E-state index in [4.69, 9.17) is 9.47 Å². The number of aliphatic hydroxyl groups is 1. The number of rotatable bonds is 41. The van der Waals surface area contributed by atoms with Crippen LogP contribution in [0.25, 0.3) is 0 Å². The lowest BCUT2D eigenvalue weighted by atomic mass is 10.0. The van der Waals surface area contributed by atoms with Crippen LogP contribution in [0.4, 0.5) is 0 Å². The standard InChI is InChI=1S/C45H88O5/c1-4-5-6-7-8-9-10-11-16-20-23-26-29-32-35-38-44(47)49-40-43(46)41-50-45(48)39-36-33-30-27-24-21-18-15-13-12-14-17-19-22-25-28-31-34-37-42(2)3/h42-43,46H,4-41H2,1-3H3/t43-/m0/s1. The first kappa shape index (κ1) is 48.9. The second-order valence-electron chi connectivity index (χ2n) is 16.0. The molecule has 0 aliphatic heterocycles. The molecule has 0 amide bonds. The van der Waals surface area contributed by atoms with Gasteiger partial charge in [0.2, 0.25) is 0 Å². The highest BCUT2D eigenvalue weighted by Gasteiger charge is 2.12. The quantitative estimate of drug-likeness (QED) is 0.0505. The molecule has 50 heavy (non-hydrogen) atoms. The summed E-state index contributed by atoms with van der Waals surface area (Å²) in [6, 6.07) is 0. The maximum absolute atomic E-state index is 12.0. The summed E-state index contributed by atoms with van der Waals surface area (Å²) in [4.78, 5) is 24.0. The smallest absolute Gasteiger partial charge is 0.305 e. The van der Waals surface area contributed by atoms with Gasteiger partial charge in [-0.25, -0.2) is 0 Å². The van der Waals surface area contributed by atoms with E-state index in [1.807, 2.05) is 0 Å². The minimum Gasteiger partial charge on any atom is -0.463 e. The van der Waals surface area contributed by atoms with Crippen LogP contribution in [0.1, 0.15) is 252 Å². The molecule has 0 aliphatic rings. The van der Waals surface area contributed by atoms with Gasteiger partial charge in [-0.3, -0.25) is 9.59 Å². The van der Waals surface area contributed by atoms with Crippen LogP contribution in [0.15, 0.2) is 0 Å². The van der Waals surface area contributed by atoms with E-state index >= 15 is 0 Å². The van der Waals surface area contributed by atoms with Gasteiger partial charge in [-0.05, 0) is 18.8 Å². The van der Waals surface area contributed by atoms with Crippen LogP contribution < -0.4 is 0 Å². The predicted molar refractivity (Wildman–Crippen MR) is 215 cm³/mol. The maximum atomic E-state index is 12.0. The lowest BCUT2D eigenvalue weighted by Crippen LogP contribution is -2.25. The maximum Gasteiger partial charge on any atom is 0.305 e. The van der Waals surface area contributed by atoms with Crippen LogP contribution in [-0.2, 0) is 19.1 Å². The molecule has 1 N–H and O–H groups in total. The van der Waals surface area contributed by atoms with E-state index in [1.54, 1.807) is 0 Å². The topological polar surface area (TPSA) is 72.8 Å². The van der Waals surface area contributed by atoms with Crippen LogP contribution in [-0.4, -0.2) is 36.4 Å². The predicted octanol–water partition coefficient (Wildman–Crippen LogP) is 14.2. The molecular weight excluding hydrogens is 620 g/mol. The zero-order chi connectivity index (χ0) is 36.6. The van der Waals surface area contributed by atoms with E-state index in [0.717, 1.165) is 31.6 Å². The zero-order valence-corrected chi connectivity index (χ0v) is 34.1. The monoisotopic (exact) mass is 709 g/mol. The van der Waals surface area contributed by atoms with E-state index in [-0.39, 0.29) is 25.2 Å². The Kier molecular flexibility index (Phi) is 39.8. The van der Waals surface area contributed by atoms with Gasteiger partial charge in [0, 0.05) is 12.8 Å². The molecule has 0 bridgehead atoms. The van der Waals surface area contributed by atoms with Crippen LogP contribution in [0.5, 0.6) is 0 Å². The van der Waals surface area contributed by atoms with Crippen molar-refractivity contribution in [2.45, 2.75) is 258 Å². The molecule has 0 saturated carbocycles. The van der Waals surface area contributed by atoms with Crippen molar-refractivity contribution in [3.05, 3.63) is 0 Å². The largest absolute Gasteiger partial charge is 0.463 e. The summed E-state index contributed by atoms with van der Waals surface area (Å²) in [5, 5.41) is 10.0. The Morgan fingerprint density at radius 3 is 0.900 bits per heavy atom. The Morgan fingerprint density at radius 1 is 0.400 bits per heavy atom. The average Bonchev–Trinajstić information content (AvgIpc) is 3.10. The fourth-order valence-corrected chi connectivity index (χ4v) is 6.86. The van der Waals surface area contributed by atoms with Crippen molar-refractivity contribution in [1.82, 2.24) is 0 Å². The molecule has 0 spiro atoms. The van der Waals surface area contributed by atoms with Crippen molar-refractivity contribution in [2.75, 3.05) is 13.2 Å². The number of esters is 2. The van der Waals surface area contributed by atoms with E-state index < -0.39 is 6.10 Å². The first-order valence-electron chi connectivity index (χ1n) is 22.4. The number of carbonyl (C=O) groups excluding carboxylic acids is 2. The van der Waals surface area contributed by atoms with Gasteiger partial charge >= 0.3 is 11.9 Å². The second kappa shape index (κ2) is 40.7. The normalized spacial score (nSPS) is 12.1. The molecular formula is C45H88O5. The third kappa shape index (κ3) is 41.3. The summed E-state index contributed by atoms with van der Waals surface area (Å²) in [7, 11) is 0. The van der Waals surface area contributed by atoms with Crippen LogP contribution in [0, 0.1) is 5.92 Å². The van der Waals surface area contributed by atoms with Gasteiger partial charge in [0.25, 0.3) is 0 Å². The molecule has 0 fully saturated rings. The van der Waals surface area contributed by atoms with Gasteiger partial charge in [0.1, 0.15) is 19.3 Å². The summed E-state index contributed by atoms with van der Waals surface area (Å²) >= 11 is 0. The molecule has 0 heterocycles. The van der Waals surface area contributed by atoms with E-state index in [2.05, 4.69) is 20.8 Å². The molecule has 1 atom stereocenters. The first-order valence-corrected chi connectivity index (χ1v) is 22.4. The molecule has 0 rings (SSSR count). The van der Waals surface area contributed by atoms with E-state index in [9.17, 15) is 14.7 Å². The van der Waals surface area contributed by atoms with Gasteiger partial charge in [0.15, 0.2) is 0 Å². The van der Waals surface area contributed by atoms with Crippen LogP contribution in [0.3, 0.4) is 0 Å². The van der Waals surface area contributed by atoms with Crippen molar-refractivity contribution in [1.29, 1.82) is 0 Å². The van der Waals surface area contributed by atoms with E-state index in [0.29, 0.717) is 12.8 Å². The Morgan fingerprint density at radius 2 is 0.640 bits per heavy atom. The number of ether oxygens (including phenoxy) is 2. The molecule has 0 unspecified atom stereocenters. The number of unbranched alkanes of at least 4 members (excludes halogenated alkanes) is 31. The van der Waals surface area contributed by atoms with Gasteiger partial charge in [0.05, 0.1) is 0 Å². The lowest BCUT2D eigenvalue weighted by Gasteiger charge is -2.12. The molecule has 0 saturated heterocycles. The third-order valence-corrected chi connectivity index (χ3v) is 10.3. The fraction of sp³-hybridized carbons (Fsp3) is 0.956. The Hall–Kier alpha value is -1.10. The van der Waals surface area contributed by atoms with Crippen molar-refractivity contribution < 1.29 is 24.2 Å². The second-order valence-corrected chi connectivity index (χ2v) is 16.0. The third-order valence-electron chi connectivity index (χ3n) is 10.3. The lowest BCUT2D eigenvalue weighted by molar-refractivity contribution is -0.152. The fourth-order valence-electron chi connectivity index (χ4n) is 6.86. The number of hydrogen-bond donors (Lipinski definition) is 1. The van der Waals surface area contributed by atoms with Crippen LogP contribution >= 0.6 is 0 Å². The summed E-state index contributed by atoms with van der Waals surface area (Å²) in [6.07, 6.45) is 44.6. The summed E-state index contributed by atoms with van der Waals surface area (Å²) in [5.41, 5.74) is 0. The van der Waals surface area contributed by atoms with Gasteiger partial charge in [-0.15, -0.1) is 0 Å². The Balaban J connectivity index is 3.35. The molecule has 0 aromatic carbocycles. The first-order chi connectivity index (χ1) is 24.5. The van der Waals surface area contributed by atoms with Gasteiger partial charge in [-0.2, -0.15) is 0 Å². The molecule has 0 aromatic rings. The highest BCUT2D eigenvalue weighted by atomic mass is 16.6. The molecule has 5 nitrogen and oxygen atoms in total. The summed E-state index contributed by atoms with van der Waals surface area (Å²) < 4.78 is 10.4. The van der Waals surface area contributed by atoms with Crippen LogP contribution in [0.2, 0.25) is 0 Å². The summed E-state index contributed by atoms with van der Waals surface area (Å²) in [5.74, 6) is 0.318. The number of carbonyl (C=O) groups is 2. The van der Waals surface area contributed by atoms with Gasteiger partial charge in [-0.1, -0.05) is 226 Å². The van der Waals surface area contributed by atoms with Gasteiger partial charge < -0.3 is 14.6 Å². The Labute approximate surface area is 312 Å². The molecule has 0 aliphatic carbocycles. The summed E-state index contributed by atoms with van der Waals surface area (Å²) in [6.45, 7) is 6.71. The molecule has 0 aromatic heterocycles. The van der Waals surface area contributed by atoms with Crippen molar-refractivity contribution >= 4 is 11.9 Å². The van der Waals surface area contributed by atoms with E-state index in [1.165, 1.54) is 193 Å². The van der Waals surface area contributed by atoms with Crippen molar-refractivity contribution in [3.8, 4) is 0 Å². The number of hydrogen-bond acceptors (Lipinski definition) is 5. The Bertz CT molecular complexity index is 693. The van der Waals surface area contributed by atoms with Crippen molar-refractivity contribution in [2.24, 2.45) is 5.92 Å². The zero-order valence-electron chi connectivity index (χ0n) is 34.1. The average molecular weight is 709 g/mol.